The minimum absolute atomic E-state index is 0.0857. The van der Waals surface area contributed by atoms with Crippen LogP contribution >= 0.6 is 0 Å². The highest BCUT2D eigenvalue weighted by atomic mass is 16.4. The molecule has 0 radical (unpaired) electrons. The summed E-state index contributed by atoms with van der Waals surface area (Å²) in [6, 6.07) is 0. The lowest BCUT2D eigenvalue weighted by atomic mass is 9.93. The molecule has 0 saturated heterocycles. The van der Waals surface area contributed by atoms with E-state index in [4.69, 9.17) is 15.9 Å². The van der Waals surface area contributed by atoms with Gasteiger partial charge in [0.05, 0.1) is 5.71 Å². The summed E-state index contributed by atoms with van der Waals surface area (Å²) in [5, 5.41) is 10.7. The first-order chi connectivity index (χ1) is 10.9. The van der Waals surface area contributed by atoms with Gasteiger partial charge in [-0.1, -0.05) is 13.8 Å². The van der Waals surface area contributed by atoms with Crippen molar-refractivity contribution in [2.75, 3.05) is 6.54 Å². The molecule has 7 nitrogen and oxygen atoms in total. The third-order valence-electron chi connectivity index (χ3n) is 3.83. The Morgan fingerprint density at radius 1 is 1.35 bits per heavy atom. The normalized spacial score (nSPS) is 15.6. The number of hydrogen-bond donors (Lipinski definition) is 3. The van der Waals surface area contributed by atoms with Gasteiger partial charge in [-0.05, 0) is 32.1 Å². The van der Waals surface area contributed by atoms with E-state index < -0.39 is 0 Å². The Hall–Kier alpha value is -2.31. The molecule has 1 aromatic heterocycles. The van der Waals surface area contributed by atoms with Crippen molar-refractivity contribution in [3.05, 3.63) is 22.6 Å². The van der Waals surface area contributed by atoms with Crippen LogP contribution in [0.2, 0.25) is 0 Å². The average molecular weight is 319 g/mol. The first-order valence-electron chi connectivity index (χ1n) is 7.96. The van der Waals surface area contributed by atoms with Crippen LogP contribution in [0.5, 0.6) is 0 Å². The van der Waals surface area contributed by atoms with Crippen LogP contribution in [-0.2, 0) is 6.42 Å². The number of nitrogens with one attached hydrogen (secondary N) is 1. The van der Waals surface area contributed by atoms with E-state index in [2.05, 4.69) is 29.4 Å². The van der Waals surface area contributed by atoms with Crippen LogP contribution in [0.3, 0.4) is 0 Å². The van der Waals surface area contributed by atoms with Crippen LogP contribution in [0.1, 0.15) is 60.6 Å². The molecule has 1 amide bonds. The number of fused-ring (bicyclic) bond motifs is 1. The lowest BCUT2D eigenvalue weighted by molar-refractivity contribution is 0.0921. The van der Waals surface area contributed by atoms with Gasteiger partial charge in [-0.15, -0.1) is 5.10 Å². The molecular weight excluding hydrogens is 294 g/mol. The highest BCUT2D eigenvalue weighted by molar-refractivity contribution is 6.06. The van der Waals surface area contributed by atoms with Crippen LogP contribution in [0.15, 0.2) is 14.6 Å². The van der Waals surface area contributed by atoms with Crippen LogP contribution in [0.25, 0.3) is 0 Å². The molecule has 126 valence electrons. The Balaban J connectivity index is 2.24. The molecule has 0 fully saturated rings. The van der Waals surface area contributed by atoms with E-state index in [1.807, 2.05) is 6.92 Å². The fraction of sp³-hybridized carbons (Fsp3) is 0.562. The molecule has 0 atom stereocenters. The molecule has 7 heteroatoms. The minimum atomic E-state index is -0.182. The number of guanidine groups is 1. The highest BCUT2D eigenvalue weighted by Gasteiger charge is 2.27. The van der Waals surface area contributed by atoms with Crippen molar-refractivity contribution in [1.82, 2.24) is 5.32 Å². The zero-order valence-corrected chi connectivity index (χ0v) is 14.0. The Labute approximate surface area is 136 Å². The molecule has 0 spiro atoms. The lowest BCUT2D eigenvalue weighted by Crippen LogP contribution is -2.25. The molecule has 5 N–H and O–H groups in total. The topological polar surface area (TPSA) is 119 Å². The van der Waals surface area contributed by atoms with Gasteiger partial charge >= 0.3 is 0 Å². The lowest BCUT2D eigenvalue weighted by Gasteiger charge is -2.11. The Morgan fingerprint density at radius 2 is 2.09 bits per heavy atom. The maximum absolute atomic E-state index is 12.3. The Morgan fingerprint density at radius 3 is 2.74 bits per heavy atom. The third kappa shape index (κ3) is 4.12. The van der Waals surface area contributed by atoms with E-state index in [9.17, 15) is 4.79 Å². The van der Waals surface area contributed by atoms with Crippen molar-refractivity contribution in [1.29, 1.82) is 0 Å². The zero-order valence-electron chi connectivity index (χ0n) is 14.0. The third-order valence-corrected chi connectivity index (χ3v) is 3.83. The predicted molar refractivity (Wildman–Crippen MR) is 90.5 cm³/mol. The number of nitrogens with zero attached hydrogens (tertiary/aromatic N) is 2. The van der Waals surface area contributed by atoms with Crippen LogP contribution in [0.4, 0.5) is 0 Å². The minimum Gasteiger partial charge on any atom is -0.455 e. The fourth-order valence-corrected chi connectivity index (χ4v) is 2.66. The number of furan rings is 1. The van der Waals surface area contributed by atoms with Crippen molar-refractivity contribution in [3.63, 3.8) is 0 Å². The van der Waals surface area contributed by atoms with Crippen molar-refractivity contribution >= 4 is 17.6 Å². The highest BCUT2D eigenvalue weighted by Crippen LogP contribution is 2.30. The van der Waals surface area contributed by atoms with Gasteiger partial charge < -0.3 is 21.2 Å². The summed E-state index contributed by atoms with van der Waals surface area (Å²) in [4.78, 5) is 12.3. The Kier molecular flexibility index (Phi) is 5.41. The van der Waals surface area contributed by atoms with Crippen molar-refractivity contribution < 1.29 is 9.21 Å². The van der Waals surface area contributed by atoms with E-state index in [1.54, 1.807) is 0 Å². The predicted octanol–water partition coefficient (Wildman–Crippen LogP) is 1.68. The van der Waals surface area contributed by atoms with Gasteiger partial charge in [0.25, 0.3) is 5.91 Å². The standard InChI is InChI=1S/C16H25N5O2/c1-9(2)7-8-19-15(22)14-10(3)13-11(20-21-16(17)18)5-4-6-12(13)23-14/h9H,4-8H2,1-3H3,(H,19,22)(H4,17,18,21)/b20-11+. The van der Waals surface area contributed by atoms with E-state index in [1.165, 1.54) is 0 Å². The summed E-state index contributed by atoms with van der Waals surface area (Å²) in [7, 11) is 0. The van der Waals surface area contributed by atoms with Crippen molar-refractivity contribution in [2.24, 2.45) is 27.6 Å². The second kappa shape index (κ2) is 7.30. The molecule has 0 aliphatic heterocycles. The summed E-state index contributed by atoms with van der Waals surface area (Å²) < 4.78 is 5.79. The summed E-state index contributed by atoms with van der Waals surface area (Å²) in [6.45, 7) is 6.75. The molecule has 2 rings (SSSR count). The second-order valence-corrected chi connectivity index (χ2v) is 6.22. The largest absolute Gasteiger partial charge is 0.455 e. The molecule has 0 unspecified atom stereocenters. The molecule has 23 heavy (non-hydrogen) atoms. The number of hydrogen-bond acceptors (Lipinski definition) is 4. The zero-order chi connectivity index (χ0) is 17.0. The van der Waals surface area contributed by atoms with Gasteiger partial charge in [-0.3, -0.25) is 4.79 Å². The van der Waals surface area contributed by atoms with Gasteiger partial charge in [0, 0.05) is 24.1 Å². The number of carbonyl (C=O) groups is 1. The van der Waals surface area contributed by atoms with E-state index >= 15 is 0 Å². The summed E-state index contributed by atoms with van der Waals surface area (Å²) in [5.74, 6) is 1.42. The quantitative estimate of drug-likeness (QED) is 0.434. The Bertz CT molecular complexity index is 639. The SMILES string of the molecule is Cc1c(C(=O)NCCC(C)C)oc2c1/C(=N/N=C(N)N)CCC2. The molecule has 1 aromatic rings. The first-order valence-corrected chi connectivity index (χ1v) is 7.96. The molecule has 0 saturated carbocycles. The second-order valence-electron chi connectivity index (χ2n) is 6.22. The fourth-order valence-electron chi connectivity index (χ4n) is 2.66. The van der Waals surface area contributed by atoms with Gasteiger partial charge in [0.15, 0.2) is 5.76 Å². The number of amides is 1. The van der Waals surface area contributed by atoms with Crippen LogP contribution in [0, 0.1) is 12.8 Å². The van der Waals surface area contributed by atoms with Crippen LogP contribution < -0.4 is 16.8 Å². The summed E-state index contributed by atoms with van der Waals surface area (Å²) in [6.07, 6.45) is 3.38. The van der Waals surface area contributed by atoms with Gasteiger partial charge in [-0.2, -0.15) is 5.10 Å². The molecule has 0 bridgehead atoms. The number of aryl methyl sites for hydroxylation is 1. The molecule has 0 aromatic carbocycles. The molecule has 1 aliphatic rings. The first kappa shape index (κ1) is 17.1. The van der Waals surface area contributed by atoms with Gasteiger partial charge in [-0.25, -0.2) is 0 Å². The monoisotopic (exact) mass is 319 g/mol. The van der Waals surface area contributed by atoms with Gasteiger partial charge in [0.1, 0.15) is 5.76 Å². The van der Waals surface area contributed by atoms with Gasteiger partial charge in [0.2, 0.25) is 5.96 Å². The number of rotatable bonds is 5. The van der Waals surface area contributed by atoms with E-state index in [0.29, 0.717) is 18.2 Å². The smallest absolute Gasteiger partial charge is 0.287 e. The van der Waals surface area contributed by atoms with Crippen molar-refractivity contribution in [3.8, 4) is 0 Å². The maximum atomic E-state index is 12.3. The average Bonchev–Trinajstić information content (AvgIpc) is 2.82. The maximum Gasteiger partial charge on any atom is 0.287 e. The number of nitrogens with two attached hydrogens (primary N) is 2. The molecule has 1 aliphatic carbocycles. The van der Waals surface area contributed by atoms with Crippen LogP contribution in [-0.4, -0.2) is 24.1 Å². The summed E-state index contributed by atoms with van der Waals surface area (Å²) >= 11 is 0. The van der Waals surface area contributed by atoms with E-state index in [0.717, 1.165) is 48.3 Å². The number of carbonyl (C=O) groups excluding carboxylic acids is 1. The summed E-state index contributed by atoms with van der Waals surface area (Å²) in [5.41, 5.74) is 13.1. The molecular formula is C16H25N5O2. The van der Waals surface area contributed by atoms with E-state index in [-0.39, 0.29) is 11.9 Å². The van der Waals surface area contributed by atoms with Crippen molar-refractivity contribution in [2.45, 2.75) is 46.5 Å². The molecule has 1 heterocycles.